The Balaban J connectivity index is 2.62. The van der Waals surface area contributed by atoms with Crippen molar-refractivity contribution in [3.63, 3.8) is 0 Å². The first-order valence-electron chi connectivity index (χ1n) is 4.82. The molecule has 3 nitrogen and oxygen atoms in total. The van der Waals surface area contributed by atoms with E-state index < -0.39 is 5.60 Å². The summed E-state index contributed by atoms with van der Waals surface area (Å²) in [7, 11) is 0. The molecule has 0 aromatic rings. The molecule has 82 valence electrons. The summed E-state index contributed by atoms with van der Waals surface area (Å²) in [5.74, 6) is 0.671. The number of esters is 1. The van der Waals surface area contributed by atoms with E-state index in [4.69, 9.17) is 4.74 Å². The van der Waals surface area contributed by atoms with E-state index >= 15 is 0 Å². The maximum absolute atomic E-state index is 11.8. The summed E-state index contributed by atoms with van der Waals surface area (Å²) in [5.41, 5.74) is -0.401. The summed E-state index contributed by atoms with van der Waals surface area (Å²) in [4.78, 5) is 11.8. The van der Waals surface area contributed by atoms with Gasteiger partial charge in [0, 0.05) is 10.6 Å². The van der Waals surface area contributed by atoms with Gasteiger partial charge in [0.2, 0.25) is 0 Å². The molecule has 1 saturated heterocycles. The average Bonchev–Trinajstić information content (AvgIpc) is 2.25. The summed E-state index contributed by atoms with van der Waals surface area (Å²) < 4.78 is 5.28. The van der Waals surface area contributed by atoms with Crippen LogP contribution in [0.5, 0.6) is 0 Å². The van der Waals surface area contributed by atoms with Gasteiger partial charge in [-0.1, -0.05) is 0 Å². The molecule has 1 heterocycles. The topological polar surface area (TPSA) is 38.3 Å². The van der Waals surface area contributed by atoms with E-state index in [0.29, 0.717) is 0 Å². The second kappa shape index (κ2) is 3.74. The molecule has 0 aliphatic carbocycles. The van der Waals surface area contributed by atoms with E-state index in [2.05, 4.69) is 19.2 Å². The third-order valence-corrected chi connectivity index (χ3v) is 3.36. The Morgan fingerprint density at radius 2 is 2.07 bits per heavy atom. The van der Waals surface area contributed by atoms with Crippen molar-refractivity contribution in [3.05, 3.63) is 0 Å². The lowest BCUT2D eigenvalue weighted by Crippen LogP contribution is -2.46. The minimum absolute atomic E-state index is 0.0671. The molecule has 14 heavy (non-hydrogen) atoms. The maximum atomic E-state index is 11.8. The molecule has 1 atom stereocenters. The lowest BCUT2D eigenvalue weighted by atomic mass is 10.0. The molecule has 1 N–H and O–H groups in total. The van der Waals surface area contributed by atoms with Gasteiger partial charge in [-0.2, -0.15) is 0 Å². The quantitative estimate of drug-likeness (QED) is 0.679. The van der Waals surface area contributed by atoms with Crippen LogP contribution >= 0.6 is 11.8 Å². The zero-order chi connectivity index (χ0) is 11.0. The molecule has 0 radical (unpaired) electrons. The predicted molar refractivity (Wildman–Crippen MR) is 59.3 cm³/mol. The van der Waals surface area contributed by atoms with Gasteiger partial charge in [0.05, 0.1) is 0 Å². The normalized spacial score (nSPS) is 26.2. The Kier molecular flexibility index (Phi) is 3.17. The molecule has 1 aliphatic rings. The van der Waals surface area contributed by atoms with Gasteiger partial charge in [-0.05, 0) is 34.6 Å². The number of rotatable bonds is 1. The Labute approximate surface area is 90.0 Å². The highest BCUT2D eigenvalue weighted by molar-refractivity contribution is 8.00. The van der Waals surface area contributed by atoms with Crippen molar-refractivity contribution in [2.24, 2.45) is 0 Å². The van der Waals surface area contributed by atoms with Gasteiger partial charge >= 0.3 is 5.97 Å². The van der Waals surface area contributed by atoms with E-state index in [1.54, 1.807) is 11.8 Å². The lowest BCUT2D eigenvalue weighted by Gasteiger charge is -2.27. The van der Waals surface area contributed by atoms with Crippen LogP contribution in [0.15, 0.2) is 0 Å². The van der Waals surface area contributed by atoms with Crippen molar-refractivity contribution in [2.75, 3.05) is 5.88 Å². The molecule has 1 aliphatic heterocycles. The van der Waals surface area contributed by atoms with Crippen molar-refractivity contribution >= 4 is 17.7 Å². The van der Waals surface area contributed by atoms with E-state index in [0.717, 1.165) is 5.88 Å². The SMILES string of the molecule is CC(C)(C)OC(=O)[C@H]1NCSC1(C)C. The lowest BCUT2D eigenvalue weighted by molar-refractivity contribution is -0.157. The molecule has 0 aromatic carbocycles. The highest BCUT2D eigenvalue weighted by Gasteiger charge is 2.42. The van der Waals surface area contributed by atoms with Crippen LogP contribution in [0.2, 0.25) is 0 Å². The molecule has 0 aromatic heterocycles. The average molecular weight is 217 g/mol. The monoisotopic (exact) mass is 217 g/mol. The Morgan fingerprint density at radius 1 is 1.50 bits per heavy atom. The maximum Gasteiger partial charge on any atom is 0.325 e. The number of ether oxygens (including phenoxy) is 1. The van der Waals surface area contributed by atoms with Crippen LogP contribution in [0.1, 0.15) is 34.6 Å². The standard InChI is InChI=1S/C10H19NO2S/c1-9(2,3)13-8(12)7-10(4,5)14-6-11-7/h7,11H,6H2,1-5H3/t7-/m1/s1. The Morgan fingerprint density at radius 3 is 2.43 bits per heavy atom. The zero-order valence-corrected chi connectivity index (χ0v) is 10.3. The van der Waals surface area contributed by atoms with Crippen LogP contribution in [0.3, 0.4) is 0 Å². The van der Waals surface area contributed by atoms with Crippen molar-refractivity contribution in [1.82, 2.24) is 5.32 Å². The molecule has 0 bridgehead atoms. The summed E-state index contributed by atoms with van der Waals surface area (Å²) in [5, 5.41) is 3.16. The van der Waals surface area contributed by atoms with Crippen molar-refractivity contribution in [1.29, 1.82) is 0 Å². The van der Waals surface area contributed by atoms with Gasteiger partial charge < -0.3 is 4.74 Å². The van der Waals surface area contributed by atoms with E-state index in [1.165, 1.54) is 0 Å². The highest BCUT2D eigenvalue weighted by atomic mass is 32.2. The molecule has 4 heteroatoms. The Hall–Kier alpha value is -0.220. The van der Waals surface area contributed by atoms with Crippen LogP contribution in [-0.4, -0.2) is 28.2 Å². The molecule has 0 spiro atoms. The summed E-state index contributed by atoms with van der Waals surface area (Å²) in [6, 6.07) is -0.188. The third-order valence-electron chi connectivity index (χ3n) is 2.07. The van der Waals surface area contributed by atoms with E-state index in [9.17, 15) is 4.79 Å². The molecule has 0 unspecified atom stereocenters. The summed E-state index contributed by atoms with van der Waals surface area (Å²) in [6.45, 7) is 9.79. The number of thioether (sulfide) groups is 1. The minimum Gasteiger partial charge on any atom is -0.459 e. The number of nitrogens with one attached hydrogen (secondary N) is 1. The smallest absolute Gasteiger partial charge is 0.325 e. The fraction of sp³-hybridized carbons (Fsp3) is 0.900. The largest absolute Gasteiger partial charge is 0.459 e. The first-order valence-corrected chi connectivity index (χ1v) is 5.81. The third kappa shape index (κ3) is 2.89. The molecule has 1 fully saturated rings. The number of carbonyl (C=O) groups excluding carboxylic acids is 1. The van der Waals surface area contributed by atoms with Crippen molar-refractivity contribution in [2.45, 2.75) is 51.0 Å². The second-order valence-electron chi connectivity index (χ2n) is 5.06. The van der Waals surface area contributed by atoms with E-state index in [1.807, 2.05) is 20.8 Å². The highest BCUT2D eigenvalue weighted by Crippen LogP contribution is 2.33. The van der Waals surface area contributed by atoms with Gasteiger partial charge in [-0.15, -0.1) is 11.8 Å². The first-order chi connectivity index (χ1) is 6.22. The fourth-order valence-electron chi connectivity index (χ4n) is 1.37. The number of hydrogen-bond acceptors (Lipinski definition) is 4. The first kappa shape index (κ1) is 11.9. The second-order valence-corrected chi connectivity index (χ2v) is 6.69. The van der Waals surface area contributed by atoms with Gasteiger partial charge in [0.25, 0.3) is 0 Å². The molecule has 0 saturated carbocycles. The molecule has 1 rings (SSSR count). The van der Waals surface area contributed by atoms with Crippen molar-refractivity contribution in [3.8, 4) is 0 Å². The Bertz CT molecular complexity index is 233. The van der Waals surface area contributed by atoms with Crippen LogP contribution in [-0.2, 0) is 9.53 Å². The summed E-state index contributed by atoms with van der Waals surface area (Å²) >= 11 is 1.75. The molecular formula is C10H19NO2S. The van der Waals surface area contributed by atoms with Crippen LogP contribution in [0, 0.1) is 0 Å². The van der Waals surface area contributed by atoms with Crippen LogP contribution < -0.4 is 5.32 Å². The van der Waals surface area contributed by atoms with Gasteiger partial charge in [0.15, 0.2) is 0 Å². The van der Waals surface area contributed by atoms with Gasteiger partial charge in [0.1, 0.15) is 11.6 Å². The zero-order valence-electron chi connectivity index (χ0n) is 9.51. The van der Waals surface area contributed by atoms with Crippen molar-refractivity contribution < 1.29 is 9.53 Å². The number of carbonyl (C=O) groups is 1. The van der Waals surface area contributed by atoms with Crippen LogP contribution in [0.25, 0.3) is 0 Å². The molecular weight excluding hydrogens is 198 g/mol. The van der Waals surface area contributed by atoms with Crippen LogP contribution in [0.4, 0.5) is 0 Å². The minimum atomic E-state index is -0.401. The van der Waals surface area contributed by atoms with Gasteiger partial charge in [-0.25, -0.2) is 0 Å². The van der Waals surface area contributed by atoms with E-state index in [-0.39, 0.29) is 16.8 Å². The number of hydrogen-bond donors (Lipinski definition) is 1. The molecule has 0 amide bonds. The summed E-state index contributed by atoms with van der Waals surface area (Å²) in [6.07, 6.45) is 0. The fourth-order valence-corrected chi connectivity index (χ4v) is 2.34. The van der Waals surface area contributed by atoms with Gasteiger partial charge in [-0.3, -0.25) is 10.1 Å². The predicted octanol–water partition coefficient (Wildman–Crippen LogP) is 1.77.